The molecular formula is C27H24N4O5. The molecule has 3 aromatic carbocycles. The fourth-order valence-corrected chi connectivity index (χ4v) is 3.33. The molecule has 0 atom stereocenters. The third kappa shape index (κ3) is 6.15. The number of anilines is 2. The topological polar surface area (TPSA) is 112 Å². The lowest BCUT2D eigenvalue weighted by Gasteiger charge is -2.10. The minimum absolute atomic E-state index is 0.171. The van der Waals surface area contributed by atoms with Gasteiger partial charge in [0.2, 0.25) is 11.8 Å². The Kier molecular flexibility index (Phi) is 7.40. The lowest BCUT2D eigenvalue weighted by Crippen LogP contribution is -2.20. The summed E-state index contributed by atoms with van der Waals surface area (Å²) in [5, 5.41) is 9.75. The highest BCUT2D eigenvalue weighted by atomic mass is 16.5. The monoisotopic (exact) mass is 484 g/mol. The Balaban J connectivity index is 1.42. The second-order valence-corrected chi connectivity index (χ2v) is 7.82. The zero-order valence-electron chi connectivity index (χ0n) is 19.7. The van der Waals surface area contributed by atoms with Crippen LogP contribution in [0, 0.1) is 0 Å². The third-order valence-electron chi connectivity index (χ3n) is 5.16. The van der Waals surface area contributed by atoms with E-state index in [0.717, 1.165) is 11.3 Å². The molecule has 2 N–H and O–H groups in total. The van der Waals surface area contributed by atoms with E-state index >= 15 is 0 Å². The molecule has 4 aromatic rings. The summed E-state index contributed by atoms with van der Waals surface area (Å²) in [7, 11) is 1.60. The summed E-state index contributed by atoms with van der Waals surface area (Å²) < 4.78 is 12.1. The molecule has 9 heteroatoms. The van der Waals surface area contributed by atoms with Crippen molar-refractivity contribution < 1.29 is 19.1 Å². The molecule has 182 valence electrons. The van der Waals surface area contributed by atoms with E-state index in [2.05, 4.69) is 15.7 Å². The summed E-state index contributed by atoms with van der Waals surface area (Å²) in [4.78, 5) is 36.1. The van der Waals surface area contributed by atoms with E-state index in [1.807, 2.05) is 24.3 Å². The molecular weight excluding hydrogens is 460 g/mol. The number of benzene rings is 3. The lowest BCUT2D eigenvalue weighted by atomic mass is 10.2. The highest BCUT2D eigenvalue weighted by molar-refractivity contribution is 6.04. The normalized spacial score (nSPS) is 10.4. The predicted octanol–water partition coefficient (Wildman–Crippen LogP) is 4.03. The zero-order valence-corrected chi connectivity index (χ0v) is 19.7. The Hall–Kier alpha value is -4.92. The zero-order chi connectivity index (χ0) is 25.5. The van der Waals surface area contributed by atoms with Gasteiger partial charge in [0.1, 0.15) is 12.4 Å². The van der Waals surface area contributed by atoms with Crippen LogP contribution >= 0.6 is 0 Å². The van der Waals surface area contributed by atoms with E-state index < -0.39 is 0 Å². The number of nitrogens with one attached hydrogen (secondary N) is 2. The molecule has 0 fully saturated rings. The van der Waals surface area contributed by atoms with Crippen molar-refractivity contribution in [3.8, 4) is 17.3 Å². The van der Waals surface area contributed by atoms with Crippen LogP contribution in [-0.2, 0) is 11.4 Å². The standard InChI is InChI=1S/C27H24N4O5/c1-18(32)28-21-7-9-22(10-8-21)29-27(34)20-5-11-23(12-6-20)31-26(33)16-15-25(30-31)36-17-19-3-13-24(35-2)14-4-19/h3-16H,17H2,1-2H3,(H,28,32)(H,29,34). The Morgan fingerprint density at radius 2 is 1.47 bits per heavy atom. The van der Waals surface area contributed by atoms with Gasteiger partial charge in [0.25, 0.3) is 11.5 Å². The maximum atomic E-state index is 12.6. The Morgan fingerprint density at radius 1 is 0.833 bits per heavy atom. The third-order valence-corrected chi connectivity index (χ3v) is 5.16. The molecule has 4 rings (SSSR count). The summed E-state index contributed by atoms with van der Waals surface area (Å²) in [6.07, 6.45) is 0. The van der Waals surface area contributed by atoms with Crippen LogP contribution in [0.15, 0.2) is 89.7 Å². The summed E-state index contributed by atoms with van der Waals surface area (Å²) in [6.45, 7) is 1.70. The lowest BCUT2D eigenvalue weighted by molar-refractivity contribution is -0.114. The van der Waals surface area contributed by atoms with Crippen LogP contribution in [0.3, 0.4) is 0 Å². The number of hydrogen-bond donors (Lipinski definition) is 2. The van der Waals surface area contributed by atoms with Gasteiger partial charge < -0.3 is 20.1 Å². The smallest absolute Gasteiger partial charge is 0.271 e. The van der Waals surface area contributed by atoms with Gasteiger partial charge in [0.05, 0.1) is 12.8 Å². The van der Waals surface area contributed by atoms with Crippen molar-refractivity contribution in [1.29, 1.82) is 0 Å². The maximum Gasteiger partial charge on any atom is 0.271 e. The van der Waals surface area contributed by atoms with Crippen LogP contribution in [0.2, 0.25) is 0 Å². The van der Waals surface area contributed by atoms with Crippen molar-refractivity contribution in [3.05, 3.63) is 106 Å². The molecule has 9 nitrogen and oxygen atoms in total. The summed E-state index contributed by atoms with van der Waals surface area (Å²) in [5.74, 6) is 0.554. The van der Waals surface area contributed by atoms with Gasteiger partial charge in [0.15, 0.2) is 0 Å². The number of amides is 2. The van der Waals surface area contributed by atoms with Crippen LogP contribution in [-0.4, -0.2) is 28.7 Å². The van der Waals surface area contributed by atoms with Gasteiger partial charge in [0, 0.05) is 36.0 Å². The Bertz CT molecular complexity index is 1410. The quantitative estimate of drug-likeness (QED) is 0.391. The van der Waals surface area contributed by atoms with Crippen molar-refractivity contribution in [2.45, 2.75) is 13.5 Å². The van der Waals surface area contributed by atoms with E-state index in [-0.39, 0.29) is 29.9 Å². The van der Waals surface area contributed by atoms with E-state index in [9.17, 15) is 14.4 Å². The molecule has 0 aliphatic carbocycles. The first-order valence-corrected chi connectivity index (χ1v) is 11.1. The highest BCUT2D eigenvalue weighted by Crippen LogP contribution is 2.17. The van der Waals surface area contributed by atoms with Crippen molar-refractivity contribution in [2.75, 3.05) is 17.7 Å². The van der Waals surface area contributed by atoms with E-state index in [1.165, 1.54) is 23.7 Å². The van der Waals surface area contributed by atoms with Gasteiger partial charge in [-0.1, -0.05) is 12.1 Å². The van der Waals surface area contributed by atoms with Gasteiger partial charge >= 0.3 is 0 Å². The minimum atomic E-state index is -0.330. The second kappa shape index (κ2) is 11.0. The van der Waals surface area contributed by atoms with Gasteiger partial charge in [-0.15, -0.1) is 5.10 Å². The number of aromatic nitrogens is 2. The molecule has 0 radical (unpaired) electrons. The number of carbonyl (C=O) groups excluding carboxylic acids is 2. The second-order valence-electron chi connectivity index (χ2n) is 7.82. The number of carbonyl (C=O) groups is 2. The number of ether oxygens (including phenoxy) is 2. The summed E-state index contributed by atoms with van der Waals surface area (Å²) in [6, 6.07) is 23.6. The molecule has 2 amide bonds. The van der Waals surface area contributed by atoms with Gasteiger partial charge in [-0.25, -0.2) is 0 Å². The van der Waals surface area contributed by atoms with Crippen molar-refractivity contribution >= 4 is 23.2 Å². The number of methoxy groups -OCH3 is 1. The van der Waals surface area contributed by atoms with Gasteiger partial charge in [-0.3, -0.25) is 14.4 Å². The molecule has 1 aromatic heterocycles. The van der Waals surface area contributed by atoms with Crippen LogP contribution in [0.5, 0.6) is 11.6 Å². The van der Waals surface area contributed by atoms with Gasteiger partial charge in [-0.05, 0) is 66.2 Å². The Labute approximate surface area is 207 Å². The fraction of sp³-hybridized carbons (Fsp3) is 0.111. The Morgan fingerprint density at radius 3 is 2.08 bits per heavy atom. The molecule has 0 spiro atoms. The molecule has 0 saturated carbocycles. The molecule has 0 saturated heterocycles. The van der Waals surface area contributed by atoms with E-state index in [4.69, 9.17) is 9.47 Å². The average Bonchev–Trinajstić information content (AvgIpc) is 2.89. The van der Waals surface area contributed by atoms with Crippen LogP contribution in [0.4, 0.5) is 11.4 Å². The van der Waals surface area contributed by atoms with Crippen LogP contribution < -0.4 is 25.7 Å². The number of nitrogens with zero attached hydrogens (tertiary/aromatic N) is 2. The van der Waals surface area contributed by atoms with Crippen LogP contribution in [0.25, 0.3) is 5.69 Å². The van der Waals surface area contributed by atoms with Gasteiger partial charge in [-0.2, -0.15) is 4.68 Å². The fourth-order valence-electron chi connectivity index (χ4n) is 3.33. The molecule has 0 aliphatic rings. The molecule has 0 bridgehead atoms. The average molecular weight is 485 g/mol. The number of rotatable bonds is 8. The predicted molar refractivity (Wildman–Crippen MR) is 136 cm³/mol. The first-order chi connectivity index (χ1) is 17.4. The van der Waals surface area contributed by atoms with Crippen LogP contribution in [0.1, 0.15) is 22.8 Å². The summed E-state index contributed by atoms with van der Waals surface area (Å²) in [5.41, 5.74) is 2.71. The van der Waals surface area contributed by atoms with Crippen molar-refractivity contribution in [2.24, 2.45) is 0 Å². The first-order valence-electron chi connectivity index (χ1n) is 11.1. The largest absolute Gasteiger partial charge is 0.497 e. The molecule has 1 heterocycles. The maximum absolute atomic E-state index is 12.6. The minimum Gasteiger partial charge on any atom is -0.497 e. The number of hydrogen-bond acceptors (Lipinski definition) is 6. The summed E-state index contributed by atoms with van der Waals surface area (Å²) >= 11 is 0. The molecule has 36 heavy (non-hydrogen) atoms. The SMILES string of the molecule is COc1ccc(COc2ccc(=O)n(-c3ccc(C(=O)Nc4ccc(NC(C)=O)cc4)cc3)n2)cc1. The molecule has 0 aliphatic heterocycles. The van der Waals surface area contributed by atoms with E-state index in [1.54, 1.807) is 55.6 Å². The van der Waals surface area contributed by atoms with E-state index in [0.29, 0.717) is 22.6 Å². The molecule has 0 unspecified atom stereocenters. The van der Waals surface area contributed by atoms with Crippen molar-refractivity contribution in [1.82, 2.24) is 9.78 Å². The highest BCUT2D eigenvalue weighted by Gasteiger charge is 2.09. The van der Waals surface area contributed by atoms with Crippen molar-refractivity contribution in [3.63, 3.8) is 0 Å². The first kappa shape index (κ1) is 24.2.